The summed E-state index contributed by atoms with van der Waals surface area (Å²) in [4.78, 5) is 14.5. The van der Waals surface area contributed by atoms with Crippen molar-refractivity contribution in [3.63, 3.8) is 0 Å². The number of carbonyl (C=O) groups excluding carboxylic acids is 1. The number of aromatic amines is 1. The van der Waals surface area contributed by atoms with Crippen molar-refractivity contribution in [3.8, 4) is 0 Å². The Morgan fingerprint density at radius 1 is 1.24 bits per heavy atom. The third-order valence-corrected chi connectivity index (χ3v) is 3.68. The number of aliphatic hydroxyl groups is 1. The first-order valence-electron chi connectivity index (χ1n) is 6.55. The highest BCUT2D eigenvalue weighted by Gasteiger charge is 2.19. The van der Waals surface area contributed by atoms with Crippen molar-refractivity contribution in [1.82, 2.24) is 4.98 Å². The van der Waals surface area contributed by atoms with Crippen LogP contribution in [0.5, 0.6) is 0 Å². The molecular formula is C16H15FN2O2. The van der Waals surface area contributed by atoms with Crippen molar-refractivity contribution in [2.45, 2.75) is 19.4 Å². The Labute approximate surface area is 120 Å². The molecule has 2 aromatic carbocycles. The Hall–Kier alpha value is -2.40. The van der Waals surface area contributed by atoms with Gasteiger partial charge in [-0.3, -0.25) is 4.79 Å². The second-order valence-electron chi connectivity index (χ2n) is 5.65. The first-order chi connectivity index (χ1) is 9.79. The molecule has 0 unspecified atom stereocenters. The average Bonchev–Trinajstić information content (AvgIpc) is 2.73. The molecule has 0 aliphatic heterocycles. The van der Waals surface area contributed by atoms with E-state index < -0.39 is 17.3 Å². The van der Waals surface area contributed by atoms with E-state index in [4.69, 9.17) is 5.73 Å². The molecule has 0 aliphatic rings. The molecule has 108 valence electrons. The average molecular weight is 286 g/mol. The van der Waals surface area contributed by atoms with Crippen LogP contribution in [0.2, 0.25) is 0 Å². The topological polar surface area (TPSA) is 79.1 Å². The molecule has 1 amide bonds. The lowest BCUT2D eigenvalue weighted by molar-refractivity contribution is 0.0787. The fourth-order valence-corrected chi connectivity index (χ4v) is 2.57. The first kappa shape index (κ1) is 13.6. The lowest BCUT2D eigenvalue weighted by Crippen LogP contribution is -2.14. The minimum Gasteiger partial charge on any atom is -0.386 e. The van der Waals surface area contributed by atoms with Gasteiger partial charge in [0.2, 0.25) is 0 Å². The van der Waals surface area contributed by atoms with E-state index >= 15 is 0 Å². The third kappa shape index (κ3) is 2.06. The number of nitrogens with two attached hydrogens (primary N) is 1. The number of primary amides is 1. The van der Waals surface area contributed by atoms with Crippen molar-refractivity contribution in [2.75, 3.05) is 0 Å². The Balaban J connectivity index is 2.39. The number of amides is 1. The highest BCUT2D eigenvalue weighted by atomic mass is 19.1. The van der Waals surface area contributed by atoms with Crippen LogP contribution in [0.3, 0.4) is 0 Å². The molecule has 3 rings (SSSR count). The van der Waals surface area contributed by atoms with Gasteiger partial charge in [-0.15, -0.1) is 0 Å². The minimum absolute atomic E-state index is 0.145. The number of fused-ring (bicyclic) bond motifs is 3. The van der Waals surface area contributed by atoms with E-state index in [1.54, 1.807) is 26.0 Å². The molecule has 5 heteroatoms. The van der Waals surface area contributed by atoms with Crippen molar-refractivity contribution in [1.29, 1.82) is 0 Å². The summed E-state index contributed by atoms with van der Waals surface area (Å²) in [5.74, 6) is -1.46. The maximum atomic E-state index is 13.8. The normalized spacial score (nSPS) is 12.2. The minimum atomic E-state index is -0.983. The summed E-state index contributed by atoms with van der Waals surface area (Å²) in [6.45, 7) is 3.37. The van der Waals surface area contributed by atoms with E-state index in [0.717, 1.165) is 21.9 Å². The number of H-pyrrole nitrogens is 1. The van der Waals surface area contributed by atoms with E-state index in [1.807, 2.05) is 12.1 Å². The van der Waals surface area contributed by atoms with Gasteiger partial charge in [0.15, 0.2) is 0 Å². The number of hydrogen-bond acceptors (Lipinski definition) is 2. The highest BCUT2D eigenvalue weighted by molar-refractivity contribution is 6.14. The molecule has 4 nitrogen and oxygen atoms in total. The molecule has 3 aromatic rings. The zero-order valence-corrected chi connectivity index (χ0v) is 11.7. The maximum Gasteiger partial charge on any atom is 0.253 e. The number of rotatable bonds is 2. The Morgan fingerprint density at radius 2 is 1.90 bits per heavy atom. The zero-order chi connectivity index (χ0) is 15.4. The van der Waals surface area contributed by atoms with Crippen LogP contribution in [-0.4, -0.2) is 16.0 Å². The zero-order valence-electron chi connectivity index (χ0n) is 11.7. The number of halogens is 1. The molecule has 21 heavy (non-hydrogen) atoms. The van der Waals surface area contributed by atoms with Crippen LogP contribution < -0.4 is 5.73 Å². The van der Waals surface area contributed by atoms with Crippen LogP contribution in [0.15, 0.2) is 30.3 Å². The molecule has 4 N–H and O–H groups in total. The standard InChI is InChI=1S/C16H15FN2O2/c1-16(2,21)8-3-4-9-10-5-6-11(17)13(15(18)20)14(10)19-12(9)7-8/h3-7,19,21H,1-2H3,(H2,18,20). The van der Waals surface area contributed by atoms with Crippen LogP contribution in [0.25, 0.3) is 21.8 Å². The Morgan fingerprint density at radius 3 is 2.52 bits per heavy atom. The van der Waals surface area contributed by atoms with Gasteiger partial charge in [0.25, 0.3) is 5.91 Å². The van der Waals surface area contributed by atoms with Crippen molar-refractivity contribution in [2.24, 2.45) is 5.73 Å². The van der Waals surface area contributed by atoms with E-state index in [1.165, 1.54) is 6.07 Å². The molecular weight excluding hydrogens is 271 g/mol. The van der Waals surface area contributed by atoms with Gasteiger partial charge >= 0.3 is 0 Å². The number of nitrogens with one attached hydrogen (secondary N) is 1. The van der Waals surface area contributed by atoms with Gasteiger partial charge < -0.3 is 15.8 Å². The molecule has 1 heterocycles. The van der Waals surface area contributed by atoms with Crippen LogP contribution in [0.1, 0.15) is 29.8 Å². The predicted octanol–water partition coefficient (Wildman–Crippen LogP) is 2.79. The smallest absolute Gasteiger partial charge is 0.253 e. The van der Waals surface area contributed by atoms with Gasteiger partial charge in [-0.2, -0.15) is 0 Å². The van der Waals surface area contributed by atoms with Crippen LogP contribution in [0.4, 0.5) is 4.39 Å². The summed E-state index contributed by atoms with van der Waals surface area (Å²) in [5.41, 5.74) is 5.96. The number of carbonyl (C=O) groups is 1. The summed E-state index contributed by atoms with van der Waals surface area (Å²) < 4.78 is 13.8. The largest absolute Gasteiger partial charge is 0.386 e. The third-order valence-electron chi connectivity index (χ3n) is 3.68. The Kier molecular flexibility index (Phi) is 2.78. The van der Waals surface area contributed by atoms with Gasteiger partial charge in [0.05, 0.1) is 16.7 Å². The number of benzene rings is 2. The Bertz CT molecular complexity index is 875. The van der Waals surface area contributed by atoms with Crippen LogP contribution in [0, 0.1) is 5.82 Å². The van der Waals surface area contributed by atoms with Crippen molar-refractivity contribution < 1.29 is 14.3 Å². The predicted molar refractivity (Wildman–Crippen MR) is 79.5 cm³/mol. The molecule has 0 spiro atoms. The molecule has 1 aromatic heterocycles. The summed E-state index contributed by atoms with van der Waals surface area (Å²) in [5, 5.41) is 11.6. The number of aromatic nitrogens is 1. The molecule has 0 saturated carbocycles. The molecule has 0 saturated heterocycles. The van der Waals surface area contributed by atoms with Gasteiger partial charge in [0.1, 0.15) is 5.82 Å². The first-order valence-corrected chi connectivity index (χ1v) is 6.55. The SMILES string of the molecule is CC(C)(O)c1ccc2c(c1)[nH]c1c(C(N)=O)c(F)ccc12. The summed E-state index contributed by atoms with van der Waals surface area (Å²) in [6.07, 6.45) is 0. The number of hydrogen-bond donors (Lipinski definition) is 3. The molecule has 0 atom stereocenters. The monoisotopic (exact) mass is 286 g/mol. The van der Waals surface area contributed by atoms with Gasteiger partial charge in [-0.05, 0) is 37.6 Å². The maximum absolute atomic E-state index is 13.8. The fraction of sp³-hybridized carbons (Fsp3) is 0.188. The summed E-state index contributed by atoms with van der Waals surface area (Å²) >= 11 is 0. The lowest BCUT2D eigenvalue weighted by atomic mass is 9.97. The van der Waals surface area contributed by atoms with Crippen LogP contribution >= 0.6 is 0 Å². The molecule has 0 bridgehead atoms. The second-order valence-corrected chi connectivity index (χ2v) is 5.65. The molecule has 0 fully saturated rings. The fourth-order valence-electron chi connectivity index (χ4n) is 2.57. The van der Waals surface area contributed by atoms with Crippen molar-refractivity contribution >= 4 is 27.7 Å². The van der Waals surface area contributed by atoms with Gasteiger partial charge in [-0.25, -0.2) is 4.39 Å². The van der Waals surface area contributed by atoms with E-state index in [2.05, 4.69) is 4.98 Å². The van der Waals surface area contributed by atoms with Gasteiger partial charge in [0, 0.05) is 16.3 Å². The quantitative estimate of drug-likeness (QED) is 0.677. The molecule has 0 radical (unpaired) electrons. The summed E-state index contributed by atoms with van der Waals surface area (Å²) in [6, 6.07) is 8.28. The van der Waals surface area contributed by atoms with E-state index in [9.17, 15) is 14.3 Å². The van der Waals surface area contributed by atoms with Gasteiger partial charge in [-0.1, -0.05) is 12.1 Å². The lowest BCUT2D eigenvalue weighted by Gasteiger charge is -2.17. The highest BCUT2D eigenvalue weighted by Crippen LogP contribution is 2.31. The van der Waals surface area contributed by atoms with E-state index in [0.29, 0.717) is 5.52 Å². The van der Waals surface area contributed by atoms with Crippen molar-refractivity contribution in [3.05, 3.63) is 47.3 Å². The van der Waals surface area contributed by atoms with E-state index in [-0.39, 0.29) is 5.56 Å². The summed E-state index contributed by atoms with van der Waals surface area (Å²) in [7, 11) is 0. The van der Waals surface area contributed by atoms with Crippen LogP contribution in [-0.2, 0) is 5.60 Å². The molecule has 0 aliphatic carbocycles. The second kappa shape index (κ2) is 4.30.